The number of amides is 1. The Morgan fingerprint density at radius 2 is 1.82 bits per heavy atom. The maximum atomic E-state index is 12.0. The molecule has 4 heteroatoms. The monoisotopic (exact) mass is 262 g/mol. The number of nitrogens with two attached hydrogens (primary N) is 1. The van der Waals surface area contributed by atoms with Gasteiger partial charge in [-0.1, -0.05) is 13.3 Å². The molecule has 1 saturated carbocycles. The van der Waals surface area contributed by atoms with Crippen molar-refractivity contribution in [2.45, 2.75) is 58.4 Å². The molecule has 3 N–H and O–H groups in total. The summed E-state index contributed by atoms with van der Waals surface area (Å²) in [6.07, 6.45) is 5.76. The van der Waals surface area contributed by atoms with E-state index in [1.165, 1.54) is 19.3 Å². The highest BCUT2D eigenvalue weighted by Gasteiger charge is 2.28. The minimum absolute atomic E-state index is 0. The van der Waals surface area contributed by atoms with Crippen LogP contribution >= 0.6 is 12.4 Å². The van der Waals surface area contributed by atoms with Gasteiger partial charge in [-0.15, -0.1) is 12.4 Å². The third kappa shape index (κ3) is 5.26. The van der Waals surface area contributed by atoms with E-state index in [2.05, 4.69) is 12.2 Å². The first-order chi connectivity index (χ1) is 7.48. The molecule has 0 atom stereocenters. The summed E-state index contributed by atoms with van der Waals surface area (Å²) in [5, 5.41) is 3.04. The zero-order valence-electron chi connectivity index (χ0n) is 11.3. The van der Waals surface area contributed by atoms with Crippen LogP contribution in [-0.2, 0) is 4.79 Å². The van der Waals surface area contributed by atoms with E-state index in [0.29, 0.717) is 6.54 Å². The van der Waals surface area contributed by atoms with E-state index in [-0.39, 0.29) is 29.8 Å². The molecule has 102 valence electrons. The van der Waals surface area contributed by atoms with Gasteiger partial charge in [0.1, 0.15) is 0 Å². The molecule has 1 rings (SSSR count). The van der Waals surface area contributed by atoms with Crippen molar-refractivity contribution >= 4 is 18.3 Å². The molecule has 0 saturated heterocycles. The Kier molecular flexibility index (Phi) is 7.10. The minimum Gasteiger partial charge on any atom is -0.350 e. The van der Waals surface area contributed by atoms with Gasteiger partial charge in [-0.25, -0.2) is 0 Å². The van der Waals surface area contributed by atoms with Crippen LogP contribution in [0.25, 0.3) is 0 Å². The standard InChI is InChI=1S/C13H26N2O.ClH/c1-4-10-5-7-11(8-6-10)12(16)15-13(2,3)9-14;/h10-11H,4-9,14H2,1-3H3,(H,15,16);1H. The number of carbonyl (C=O) groups is 1. The molecule has 0 aromatic carbocycles. The van der Waals surface area contributed by atoms with Crippen molar-refractivity contribution in [1.82, 2.24) is 5.32 Å². The van der Waals surface area contributed by atoms with Crippen LogP contribution in [-0.4, -0.2) is 18.0 Å². The highest BCUT2D eigenvalue weighted by molar-refractivity contribution is 5.85. The smallest absolute Gasteiger partial charge is 0.223 e. The van der Waals surface area contributed by atoms with Gasteiger partial charge in [-0.05, 0) is 45.4 Å². The molecule has 3 nitrogen and oxygen atoms in total. The van der Waals surface area contributed by atoms with Gasteiger partial charge in [0.25, 0.3) is 0 Å². The second-order valence-electron chi connectivity index (χ2n) is 5.70. The largest absolute Gasteiger partial charge is 0.350 e. The van der Waals surface area contributed by atoms with Gasteiger partial charge in [0.15, 0.2) is 0 Å². The molecule has 0 aromatic heterocycles. The van der Waals surface area contributed by atoms with Gasteiger partial charge in [0, 0.05) is 18.0 Å². The topological polar surface area (TPSA) is 55.1 Å². The Morgan fingerprint density at radius 1 is 1.29 bits per heavy atom. The minimum atomic E-state index is -0.265. The predicted molar refractivity (Wildman–Crippen MR) is 74.3 cm³/mol. The number of rotatable bonds is 4. The number of nitrogens with one attached hydrogen (secondary N) is 1. The molecule has 0 aromatic rings. The molecule has 0 unspecified atom stereocenters. The van der Waals surface area contributed by atoms with Gasteiger partial charge in [0.05, 0.1) is 0 Å². The fourth-order valence-electron chi connectivity index (χ4n) is 2.32. The average Bonchev–Trinajstić information content (AvgIpc) is 2.28. The maximum Gasteiger partial charge on any atom is 0.223 e. The zero-order chi connectivity index (χ0) is 12.2. The third-order valence-corrected chi connectivity index (χ3v) is 3.77. The quantitative estimate of drug-likeness (QED) is 0.818. The van der Waals surface area contributed by atoms with Crippen molar-refractivity contribution in [1.29, 1.82) is 0 Å². The van der Waals surface area contributed by atoms with E-state index >= 15 is 0 Å². The van der Waals surface area contributed by atoms with Crippen LogP contribution in [0.15, 0.2) is 0 Å². The summed E-state index contributed by atoms with van der Waals surface area (Å²) in [5.74, 6) is 1.25. The number of hydrogen-bond acceptors (Lipinski definition) is 2. The summed E-state index contributed by atoms with van der Waals surface area (Å²) in [6.45, 7) is 6.68. The van der Waals surface area contributed by atoms with Crippen LogP contribution in [0.2, 0.25) is 0 Å². The summed E-state index contributed by atoms with van der Waals surface area (Å²) < 4.78 is 0. The molecule has 1 aliphatic carbocycles. The van der Waals surface area contributed by atoms with Crippen molar-refractivity contribution in [2.75, 3.05) is 6.54 Å². The molecule has 0 bridgehead atoms. The van der Waals surface area contributed by atoms with Gasteiger partial charge >= 0.3 is 0 Å². The van der Waals surface area contributed by atoms with E-state index in [9.17, 15) is 4.79 Å². The fraction of sp³-hybridized carbons (Fsp3) is 0.923. The molecular formula is C13H27ClN2O. The normalized spacial score (nSPS) is 24.9. The fourth-order valence-corrected chi connectivity index (χ4v) is 2.32. The zero-order valence-corrected chi connectivity index (χ0v) is 12.1. The van der Waals surface area contributed by atoms with Crippen molar-refractivity contribution < 1.29 is 4.79 Å². The highest BCUT2D eigenvalue weighted by Crippen LogP contribution is 2.30. The number of halogens is 1. The third-order valence-electron chi connectivity index (χ3n) is 3.77. The lowest BCUT2D eigenvalue weighted by atomic mass is 9.80. The molecule has 17 heavy (non-hydrogen) atoms. The molecule has 0 heterocycles. The highest BCUT2D eigenvalue weighted by atomic mass is 35.5. The Hall–Kier alpha value is -0.280. The van der Waals surface area contributed by atoms with Gasteiger partial charge < -0.3 is 11.1 Å². The van der Waals surface area contributed by atoms with E-state index in [1.807, 2.05) is 13.8 Å². The average molecular weight is 263 g/mol. The molecule has 0 radical (unpaired) electrons. The Balaban J connectivity index is 0.00000256. The molecular weight excluding hydrogens is 236 g/mol. The van der Waals surface area contributed by atoms with Crippen molar-refractivity contribution in [3.05, 3.63) is 0 Å². The van der Waals surface area contributed by atoms with E-state index in [0.717, 1.165) is 18.8 Å². The molecule has 0 spiro atoms. The first kappa shape index (κ1) is 16.7. The lowest BCUT2D eigenvalue weighted by molar-refractivity contribution is -0.127. The second kappa shape index (κ2) is 7.22. The lowest BCUT2D eigenvalue weighted by Gasteiger charge is -2.31. The number of hydrogen-bond donors (Lipinski definition) is 2. The molecule has 1 amide bonds. The van der Waals surface area contributed by atoms with E-state index in [1.54, 1.807) is 0 Å². The van der Waals surface area contributed by atoms with Crippen LogP contribution < -0.4 is 11.1 Å². The summed E-state index contributed by atoms with van der Waals surface area (Å²) in [5.41, 5.74) is 5.35. The Labute approximate surface area is 111 Å². The Bertz CT molecular complexity index is 236. The molecule has 1 aliphatic rings. The summed E-state index contributed by atoms with van der Waals surface area (Å²) in [6, 6.07) is 0. The number of carbonyl (C=O) groups excluding carboxylic acids is 1. The van der Waals surface area contributed by atoms with Crippen LogP contribution in [0, 0.1) is 11.8 Å². The lowest BCUT2D eigenvalue weighted by Crippen LogP contribution is -2.51. The van der Waals surface area contributed by atoms with Crippen LogP contribution in [0.5, 0.6) is 0 Å². The van der Waals surface area contributed by atoms with Crippen molar-refractivity contribution in [3.8, 4) is 0 Å². The second-order valence-corrected chi connectivity index (χ2v) is 5.70. The van der Waals surface area contributed by atoms with Crippen LogP contribution in [0.3, 0.4) is 0 Å². The van der Waals surface area contributed by atoms with E-state index < -0.39 is 0 Å². The van der Waals surface area contributed by atoms with Gasteiger partial charge in [0.2, 0.25) is 5.91 Å². The van der Waals surface area contributed by atoms with Gasteiger partial charge in [-0.3, -0.25) is 4.79 Å². The van der Waals surface area contributed by atoms with Crippen molar-refractivity contribution in [2.24, 2.45) is 17.6 Å². The van der Waals surface area contributed by atoms with Crippen LogP contribution in [0.1, 0.15) is 52.9 Å². The first-order valence-electron chi connectivity index (χ1n) is 6.50. The summed E-state index contributed by atoms with van der Waals surface area (Å²) in [7, 11) is 0. The van der Waals surface area contributed by atoms with Crippen LogP contribution in [0.4, 0.5) is 0 Å². The SMILES string of the molecule is CCC1CCC(C(=O)NC(C)(C)CN)CC1.Cl. The van der Waals surface area contributed by atoms with Gasteiger partial charge in [-0.2, -0.15) is 0 Å². The molecule has 0 aliphatic heterocycles. The summed E-state index contributed by atoms with van der Waals surface area (Å²) >= 11 is 0. The predicted octanol–water partition coefficient (Wildman–Crippen LogP) is 2.48. The molecule has 1 fully saturated rings. The first-order valence-corrected chi connectivity index (χ1v) is 6.50. The maximum absolute atomic E-state index is 12.0. The summed E-state index contributed by atoms with van der Waals surface area (Å²) in [4.78, 5) is 12.0. The van der Waals surface area contributed by atoms with Crippen molar-refractivity contribution in [3.63, 3.8) is 0 Å². The Morgan fingerprint density at radius 3 is 2.24 bits per heavy atom. The van der Waals surface area contributed by atoms with E-state index in [4.69, 9.17) is 5.73 Å².